The molecular formula is C43H83NO7. The summed E-state index contributed by atoms with van der Waals surface area (Å²) < 4.78 is 22.2. The molecule has 51 heavy (non-hydrogen) atoms. The molecule has 0 radical (unpaired) electrons. The Hall–Kier alpha value is -1.22. The minimum Gasteiger partial charge on any atom is -0.463 e. The minimum atomic E-state index is -1.21. The monoisotopic (exact) mass is 726 g/mol. The van der Waals surface area contributed by atoms with Crippen molar-refractivity contribution < 1.29 is 33.6 Å². The molecule has 1 fully saturated rings. The lowest BCUT2D eigenvalue weighted by atomic mass is 9.97. The molecule has 0 spiro atoms. The highest BCUT2D eigenvalue weighted by Crippen LogP contribution is 2.25. The summed E-state index contributed by atoms with van der Waals surface area (Å²) in [6, 6.07) is -0.845. The van der Waals surface area contributed by atoms with Crippen molar-refractivity contribution in [3.63, 3.8) is 0 Å². The Morgan fingerprint density at radius 1 is 0.549 bits per heavy atom. The highest BCUT2D eigenvalue weighted by atomic mass is 16.7. The molecule has 0 aromatic rings. The Bertz CT molecular complexity index is 796. The number of ether oxygens (including phenoxy) is 4. The van der Waals surface area contributed by atoms with Gasteiger partial charge in [-0.15, -0.1) is 0 Å². The zero-order valence-corrected chi connectivity index (χ0v) is 33.7. The maximum atomic E-state index is 12.7. The average Bonchev–Trinajstić information content (AvgIpc) is 3.13. The van der Waals surface area contributed by atoms with Crippen LogP contribution in [0.15, 0.2) is 0 Å². The van der Waals surface area contributed by atoms with Crippen molar-refractivity contribution >= 4 is 11.9 Å². The Labute approximate surface area is 314 Å². The Balaban J connectivity index is 2.12. The van der Waals surface area contributed by atoms with Crippen molar-refractivity contribution in [1.29, 1.82) is 0 Å². The van der Waals surface area contributed by atoms with Gasteiger partial charge in [0.1, 0.15) is 18.8 Å². The van der Waals surface area contributed by atoms with Gasteiger partial charge in [-0.2, -0.15) is 0 Å². The van der Waals surface area contributed by atoms with E-state index >= 15 is 0 Å². The van der Waals surface area contributed by atoms with Gasteiger partial charge in [0.05, 0.1) is 6.04 Å². The predicted octanol–water partition coefficient (Wildman–Crippen LogP) is 11.0. The first-order valence-electron chi connectivity index (χ1n) is 21.9. The van der Waals surface area contributed by atoms with Gasteiger partial charge in [-0.1, -0.05) is 194 Å². The molecule has 1 saturated heterocycles. The molecule has 302 valence electrons. The number of aliphatic hydroxyl groups is 1. The van der Waals surface area contributed by atoms with E-state index < -0.39 is 30.6 Å². The number of aliphatic hydroxyl groups excluding tert-OH is 1. The molecule has 8 nitrogen and oxygen atoms in total. The second-order valence-electron chi connectivity index (χ2n) is 15.4. The van der Waals surface area contributed by atoms with Crippen LogP contribution in [0, 0.1) is 0 Å². The Morgan fingerprint density at radius 3 is 1.24 bits per heavy atom. The van der Waals surface area contributed by atoms with Gasteiger partial charge in [-0.05, 0) is 12.8 Å². The van der Waals surface area contributed by atoms with E-state index in [4.69, 9.17) is 24.7 Å². The predicted molar refractivity (Wildman–Crippen MR) is 210 cm³/mol. The maximum Gasteiger partial charge on any atom is 0.306 e. The number of hydrogen-bond donors (Lipinski definition) is 2. The van der Waals surface area contributed by atoms with Crippen LogP contribution in [0.25, 0.3) is 0 Å². The van der Waals surface area contributed by atoms with Crippen molar-refractivity contribution in [3.05, 3.63) is 0 Å². The van der Waals surface area contributed by atoms with Gasteiger partial charge in [0, 0.05) is 20.0 Å². The second kappa shape index (κ2) is 34.5. The number of esters is 2. The minimum absolute atomic E-state index is 0.140. The van der Waals surface area contributed by atoms with Crippen molar-refractivity contribution in [2.75, 3.05) is 13.7 Å². The largest absolute Gasteiger partial charge is 0.463 e. The summed E-state index contributed by atoms with van der Waals surface area (Å²) >= 11 is 0. The molecule has 0 saturated carbocycles. The smallest absolute Gasteiger partial charge is 0.306 e. The fourth-order valence-electron chi connectivity index (χ4n) is 7.18. The molecule has 0 amide bonds. The van der Waals surface area contributed by atoms with E-state index in [1.807, 2.05) is 0 Å². The molecule has 3 N–H and O–H groups in total. The van der Waals surface area contributed by atoms with E-state index in [0.29, 0.717) is 6.42 Å². The summed E-state index contributed by atoms with van der Waals surface area (Å²) in [6.07, 6.45) is 34.6. The number of rotatable bonds is 36. The molecular weight excluding hydrogens is 642 g/mol. The fraction of sp³-hybridized carbons (Fsp3) is 0.953. The Morgan fingerprint density at radius 2 is 0.882 bits per heavy atom. The molecule has 1 unspecified atom stereocenters. The summed E-state index contributed by atoms with van der Waals surface area (Å²) in [4.78, 5) is 25.1. The van der Waals surface area contributed by atoms with Gasteiger partial charge in [0.15, 0.2) is 12.4 Å². The number of carbonyl (C=O) groups is 2. The number of carbonyl (C=O) groups excluding carboxylic acids is 2. The molecule has 0 aliphatic carbocycles. The van der Waals surface area contributed by atoms with Crippen molar-refractivity contribution in [2.45, 2.75) is 250 Å². The highest BCUT2D eigenvalue weighted by Gasteiger charge is 2.46. The SMILES string of the molecule is CCCCCCCCCCCCCCCCCC(=O)OC[C@H]1OC(OC)[C@H](N)[C@@H](OC(=O)CCCCCCCCCCCCCCCCC)[C@@H]1O. The number of methoxy groups -OCH3 is 1. The zero-order chi connectivity index (χ0) is 37.2. The first-order chi connectivity index (χ1) is 24.9. The number of nitrogens with two attached hydrogens (primary N) is 1. The van der Waals surface area contributed by atoms with Crippen LogP contribution in [-0.2, 0) is 28.5 Å². The van der Waals surface area contributed by atoms with Gasteiger partial charge >= 0.3 is 11.9 Å². The van der Waals surface area contributed by atoms with Crippen molar-refractivity contribution in [1.82, 2.24) is 0 Å². The van der Waals surface area contributed by atoms with Crippen LogP contribution in [0.5, 0.6) is 0 Å². The maximum absolute atomic E-state index is 12.7. The zero-order valence-electron chi connectivity index (χ0n) is 33.7. The van der Waals surface area contributed by atoms with E-state index in [2.05, 4.69) is 13.8 Å². The fourth-order valence-corrected chi connectivity index (χ4v) is 7.18. The van der Waals surface area contributed by atoms with E-state index in [0.717, 1.165) is 38.5 Å². The van der Waals surface area contributed by atoms with Crippen molar-refractivity contribution in [3.8, 4) is 0 Å². The molecule has 1 rings (SSSR count). The molecule has 1 aliphatic heterocycles. The Kier molecular flexibility index (Phi) is 32.4. The molecule has 0 bridgehead atoms. The molecule has 0 aromatic carbocycles. The van der Waals surface area contributed by atoms with E-state index in [1.54, 1.807) is 0 Å². The lowest BCUT2D eigenvalue weighted by Crippen LogP contribution is -2.63. The summed E-state index contributed by atoms with van der Waals surface area (Å²) in [5.74, 6) is -0.698. The summed E-state index contributed by atoms with van der Waals surface area (Å²) in [6.45, 7) is 4.39. The standard InChI is InChI=1S/C43H83NO7/c1-4-6-8-10-12-14-16-18-20-22-24-26-28-30-32-34-38(45)49-36-37-41(47)42(40(44)43(48-3)50-37)51-39(46)35-33-31-29-27-25-23-21-19-17-15-13-11-9-7-5-2/h37,40-43,47H,4-36,44H2,1-3H3/t37-,40-,41-,42-,43?/m1/s1. The van der Waals surface area contributed by atoms with Crippen LogP contribution < -0.4 is 5.73 Å². The normalized spacial score (nSPS) is 20.5. The van der Waals surface area contributed by atoms with Crippen LogP contribution in [-0.4, -0.2) is 61.4 Å². The highest BCUT2D eigenvalue weighted by molar-refractivity contribution is 5.70. The molecule has 8 heteroatoms. The molecule has 1 aliphatic rings. The van der Waals surface area contributed by atoms with Gasteiger partial charge in [-0.3, -0.25) is 9.59 Å². The third-order valence-electron chi connectivity index (χ3n) is 10.6. The summed E-state index contributed by atoms with van der Waals surface area (Å²) in [5.41, 5.74) is 6.25. The van der Waals surface area contributed by atoms with Crippen molar-refractivity contribution in [2.24, 2.45) is 5.73 Å². The first kappa shape index (κ1) is 47.8. The average molecular weight is 726 g/mol. The lowest BCUT2D eigenvalue weighted by Gasteiger charge is -2.41. The van der Waals surface area contributed by atoms with Gasteiger partial charge in [0.2, 0.25) is 0 Å². The number of hydrogen-bond acceptors (Lipinski definition) is 8. The summed E-state index contributed by atoms with van der Waals surface area (Å²) in [5, 5.41) is 11.0. The molecule has 1 heterocycles. The topological polar surface area (TPSA) is 117 Å². The van der Waals surface area contributed by atoms with E-state index in [9.17, 15) is 14.7 Å². The van der Waals surface area contributed by atoms with Gasteiger partial charge in [0.25, 0.3) is 0 Å². The van der Waals surface area contributed by atoms with Gasteiger partial charge < -0.3 is 29.8 Å². The number of unbranched alkanes of at least 4 members (excludes halogenated alkanes) is 28. The third-order valence-corrected chi connectivity index (χ3v) is 10.6. The lowest BCUT2D eigenvalue weighted by molar-refractivity contribution is -0.263. The van der Waals surface area contributed by atoms with Crippen LogP contribution in [0.3, 0.4) is 0 Å². The van der Waals surface area contributed by atoms with Crippen LogP contribution in [0.4, 0.5) is 0 Å². The van der Waals surface area contributed by atoms with E-state index in [-0.39, 0.29) is 25.0 Å². The second-order valence-corrected chi connectivity index (χ2v) is 15.4. The molecule has 0 aromatic heterocycles. The summed E-state index contributed by atoms with van der Waals surface area (Å²) in [7, 11) is 1.45. The van der Waals surface area contributed by atoms with E-state index in [1.165, 1.54) is 161 Å². The van der Waals surface area contributed by atoms with Gasteiger partial charge in [-0.25, -0.2) is 0 Å². The third kappa shape index (κ3) is 26.2. The quantitative estimate of drug-likeness (QED) is 0.0484. The van der Waals surface area contributed by atoms with Crippen LogP contribution >= 0.6 is 0 Å². The van der Waals surface area contributed by atoms with Crippen LogP contribution in [0.1, 0.15) is 219 Å². The van der Waals surface area contributed by atoms with Crippen LogP contribution in [0.2, 0.25) is 0 Å². The first-order valence-corrected chi connectivity index (χ1v) is 21.9. The molecule has 5 atom stereocenters.